The first-order valence-corrected chi connectivity index (χ1v) is 9.98. The lowest BCUT2D eigenvalue weighted by atomic mass is 9.99. The molecule has 2 amide bonds. The van der Waals surface area contributed by atoms with Gasteiger partial charge in [-0.2, -0.15) is 5.10 Å². The zero-order chi connectivity index (χ0) is 20.9. The van der Waals surface area contributed by atoms with Crippen molar-refractivity contribution in [3.8, 4) is 5.82 Å². The molecule has 0 radical (unpaired) electrons. The van der Waals surface area contributed by atoms with Gasteiger partial charge in [-0.15, -0.1) is 0 Å². The van der Waals surface area contributed by atoms with Gasteiger partial charge in [-0.05, 0) is 36.5 Å². The van der Waals surface area contributed by atoms with Crippen LogP contribution in [-0.2, 0) is 6.54 Å². The minimum atomic E-state index is -0.369. The first-order valence-electron chi connectivity index (χ1n) is 9.98. The molecule has 1 aromatic carbocycles. The molecule has 1 aliphatic rings. The van der Waals surface area contributed by atoms with E-state index in [0.29, 0.717) is 18.1 Å². The third-order valence-electron chi connectivity index (χ3n) is 5.22. The number of halogens is 1. The van der Waals surface area contributed by atoms with Crippen LogP contribution in [0.1, 0.15) is 25.3 Å². The van der Waals surface area contributed by atoms with Crippen molar-refractivity contribution in [2.75, 3.05) is 23.3 Å². The van der Waals surface area contributed by atoms with Crippen molar-refractivity contribution in [1.82, 2.24) is 25.1 Å². The summed E-state index contributed by atoms with van der Waals surface area (Å²) >= 11 is 0. The number of carbonyl (C=O) groups excluding carboxylic acids is 1. The Hall–Kier alpha value is -3.49. The van der Waals surface area contributed by atoms with Crippen LogP contribution in [0.2, 0.25) is 0 Å². The molecule has 9 heteroatoms. The summed E-state index contributed by atoms with van der Waals surface area (Å²) in [5.74, 6) is 1.10. The highest BCUT2D eigenvalue weighted by atomic mass is 19.1. The van der Waals surface area contributed by atoms with Crippen LogP contribution in [0.25, 0.3) is 5.82 Å². The normalized spacial score (nSPS) is 14.5. The number of aromatic nitrogens is 4. The van der Waals surface area contributed by atoms with Gasteiger partial charge in [-0.1, -0.05) is 19.1 Å². The molecule has 4 rings (SSSR count). The van der Waals surface area contributed by atoms with Crippen LogP contribution < -0.4 is 15.5 Å². The number of anilines is 2. The number of hydrogen-bond acceptors (Lipinski definition) is 5. The lowest BCUT2D eigenvalue weighted by molar-refractivity contribution is 0.251. The molecule has 2 N–H and O–H groups in total. The molecular weight excluding hydrogens is 385 g/mol. The second-order valence-electron chi connectivity index (χ2n) is 7.51. The molecule has 0 aliphatic carbocycles. The van der Waals surface area contributed by atoms with Crippen molar-refractivity contribution in [2.45, 2.75) is 26.3 Å². The van der Waals surface area contributed by atoms with E-state index in [1.807, 2.05) is 6.20 Å². The highest BCUT2D eigenvalue weighted by molar-refractivity contribution is 5.88. The van der Waals surface area contributed by atoms with Gasteiger partial charge in [0, 0.05) is 19.6 Å². The molecular formula is C21H24FN7O. The van der Waals surface area contributed by atoms with Gasteiger partial charge in [0.15, 0.2) is 5.82 Å². The monoisotopic (exact) mass is 409 g/mol. The minimum Gasteiger partial charge on any atom is -0.367 e. The van der Waals surface area contributed by atoms with Gasteiger partial charge in [0.05, 0.1) is 24.3 Å². The van der Waals surface area contributed by atoms with Gasteiger partial charge in [-0.3, -0.25) is 0 Å². The Balaban J connectivity index is 1.40. The first kappa shape index (κ1) is 19.8. The van der Waals surface area contributed by atoms with Crippen molar-refractivity contribution in [3.05, 3.63) is 60.6 Å². The number of piperidine rings is 1. The zero-order valence-electron chi connectivity index (χ0n) is 16.8. The van der Waals surface area contributed by atoms with Crippen LogP contribution >= 0.6 is 0 Å². The van der Waals surface area contributed by atoms with Gasteiger partial charge < -0.3 is 15.5 Å². The van der Waals surface area contributed by atoms with Crippen molar-refractivity contribution >= 4 is 17.4 Å². The smallest absolute Gasteiger partial charge is 0.319 e. The molecule has 0 bridgehead atoms. The third kappa shape index (κ3) is 4.73. The highest BCUT2D eigenvalue weighted by Gasteiger charge is 2.20. The molecule has 1 saturated heterocycles. The fourth-order valence-corrected chi connectivity index (χ4v) is 3.43. The van der Waals surface area contributed by atoms with Gasteiger partial charge in [0.1, 0.15) is 17.8 Å². The number of carbonyl (C=O) groups is 1. The Morgan fingerprint density at radius 1 is 1.20 bits per heavy atom. The molecule has 30 heavy (non-hydrogen) atoms. The second kappa shape index (κ2) is 8.89. The van der Waals surface area contributed by atoms with E-state index in [1.165, 1.54) is 18.5 Å². The van der Waals surface area contributed by atoms with Crippen LogP contribution in [0.3, 0.4) is 0 Å². The summed E-state index contributed by atoms with van der Waals surface area (Å²) in [7, 11) is 0. The summed E-state index contributed by atoms with van der Waals surface area (Å²) in [5, 5.41) is 9.85. The van der Waals surface area contributed by atoms with Crippen LogP contribution in [0.15, 0.2) is 49.2 Å². The minimum absolute atomic E-state index is 0.295. The molecule has 156 valence electrons. The number of amides is 2. The highest BCUT2D eigenvalue weighted by Crippen LogP contribution is 2.26. The quantitative estimate of drug-likeness (QED) is 0.675. The lowest BCUT2D eigenvalue weighted by Crippen LogP contribution is -2.33. The average Bonchev–Trinajstić information content (AvgIpc) is 3.22. The largest absolute Gasteiger partial charge is 0.367 e. The zero-order valence-corrected chi connectivity index (χ0v) is 16.8. The number of urea groups is 1. The maximum Gasteiger partial charge on any atom is 0.319 e. The predicted molar refractivity (Wildman–Crippen MR) is 112 cm³/mol. The predicted octanol–water partition coefficient (Wildman–Crippen LogP) is 3.36. The summed E-state index contributed by atoms with van der Waals surface area (Å²) in [6.07, 6.45) is 8.86. The van der Waals surface area contributed by atoms with Crippen molar-refractivity contribution in [1.29, 1.82) is 0 Å². The second-order valence-corrected chi connectivity index (χ2v) is 7.51. The summed E-state index contributed by atoms with van der Waals surface area (Å²) in [6, 6.07) is 5.62. The van der Waals surface area contributed by atoms with Gasteiger partial charge in [-0.25, -0.2) is 23.8 Å². The van der Waals surface area contributed by atoms with Gasteiger partial charge in [0.25, 0.3) is 0 Å². The molecule has 0 atom stereocenters. The maximum atomic E-state index is 13.0. The van der Waals surface area contributed by atoms with Crippen LogP contribution in [0, 0.1) is 11.7 Å². The SMILES string of the molecule is CC1CCN(c2cncnc2-n2cc(NC(=O)NCc3ccc(F)cc3)cn2)CC1. The molecule has 0 spiro atoms. The van der Waals surface area contributed by atoms with E-state index < -0.39 is 0 Å². The van der Waals surface area contributed by atoms with Crippen LogP contribution in [0.5, 0.6) is 0 Å². The molecule has 1 fully saturated rings. The van der Waals surface area contributed by atoms with Crippen LogP contribution in [0.4, 0.5) is 20.6 Å². The Kier molecular flexibility index (Phi) is 5.87. The molecule has 3 heterocycles. The number of nitrogens with one attached hydrogen (secondary N) is 2. The number of rotatable bonds is 5. The number of nitrogens with zero attached hydrogens (tertiary/aromatic N) is 5. The molecule has 0 unspecified atom stereocenters. The fraction of sp³-hybridized carbons (Fsp3) is 0.333. The fourth-order valence-electron chi connectivity index (χ4n) is 3.43. The summed E-state index contributed by atoms with van der Waals surface area (Å²) in [5.41, 5.74) is 2.28. The third-order valence-corrected chi connectivity index (χ3v) is 5.22. The summed E-state index contributed by atoms with van der Waals surface area (Å²) in [6.45, 7) is 4.48. The van der Waals surface area contributed by atoms with Crippen molar-refractivity contribution in [3.63, 3.8) is 0 Å². The van der Waals surface area contributed by atoms with E-state index in [1.54, 1.807) is 29.2 Å². The standard InChI is InChI=1S/C21H24FN7O/c1-15-6-8-28(9-7-15)19-12-23-14-25-20(19)29-13-18(11-26-29)27-21(30)24-10-16-2-4-17(22)5-3-16/h2-5,11-15H,6-10H2,1H3,(H2,24,27,30). The van der Waals surface area contributed by atoms with E-state index in [0.717, 1.165) is 43.1 Å². The Morgan fingerprint density at radius 2 is 1.97 bits per heavy atom. The lowest BCUT2D eigenvalue weighted by Gasteiger charge is -2.32. The number of hydrogen-bond donors (Lipinski definition) is 2. The summed E-state index contributed by atoms with van der Waals surface area (Å²) < 4.78 is 14.6. The Bertz CT molecular complexity index is 997. The van der Waals surface area contributed by atoms with Gasteiger partial charge >= 0.3 is 6.03 Å². The average molecular weight is 409 g/mol. The van der Waals surface area contributed by atoms with E-state index in [-0.39, 0.29) is 11.8 Å². The van der Waals surface area contributed by atoms with E-state index >= 15 is 0 Å². The summed E-state index contributed by atoms with van der Waals surface area (Å²) in [4.78, 5) is 23.0. The molecule has 8 nitrogen and oxygen atoms in total. The van der Waals surface area contributed by atoms with E-state index in [4.69, 9.17) is 0 Å². The van der Waals surface area contributed by atoms with Crippen molar-refractivity contribution in [2.24, 2.45) is 5.92 Å². The molecule has 2 aromatic heterocycles. The maximum absolute atomic E-state index is 13.0. The molecule has 1 aliphatic heterocycles. The first-order chi connectivity index (χ1) is 14.6. The van der Waals surface area contributed by atoms with E-state index in [2.05, 4.69) is 37.5 Å². The Labute approximate surface area is 174 Å². The van der Waals surface area contributed by atoms with Crippen LogP contribution in [-0.4, -0.2) is 38.9 Å². The van der Waals surface area contributed by atoms with Crippen molar-refractivity contribution < 1.29 is 9.18 Å². The molecule has 3 aromatic rings. The topological polar surface area (TPSA) is 88.0 Å². The van der Waals surface area contributed by atoms with E-state index in [9.17, 15) is 9.18 Å². The number of benzene rings is 1. The Morgan fingerprint density at radius 3 is 2.73 bits per heavy atom. The molecule has 0 saturated carbocycles. The van der Waals surface area contributed by atoms with Gasteiger partial charge in [0.2, 0.25) is 0 Å².